The van der Waals surface area contributed by atoms with Crippen molar-refractivity contribution in [2.45, 2.75) is 13.3 Å². The number of ether oxygens (including phenoxy) is 2. The molecule has 1 fully saturated rings. The molecule has 1 aliphatic heterocycles. The third-order valence-corrected chi connectivity index (χ3v) is 4.65. The second kappa shape index (κ2) is 8.64. The maximum absolute atomic E-state index is 12.6. The summed E-state index contributed by atoms with van der Waals surface area (Å²) in [5.41, 5.74) is 1.84. The zero-order chi connectivity index (χ0) is 21.0. The van der Waals surface area contributed by atoms with Crippen molar-refractivity contribution < 1.29 is 23.9 Å². The van der Waals surface area contributed by atoms with E-state index in [9.17, 15) is 14.4 Å². The van der Waals surface area contributed by atoms with Crippen LogP contribution in [0.3, 0.4) is 0 Å². The minimum atomic E-state index is -0.482. The first kappa shape index (κ1) is 20.2. The van der Waals surface area contributed by atoms with E-state index in [1.807, 2.05) is 0 Å². The number of methoxy groups -OCH3 is 2. The van der Waals surface area contributed by atoms with Gasteiger partial charge in [0.05, 0.1) is 25.8 Å². The Balaban J connectivity index is 1.68. The smallest absolute Gasteiger partial charge is 0.229 e. The molecule has 8 nitrogen and oxygen atoms in total. The van der Waals surface area contributed by atoms with Gasteiger partial charge in [-0.3, -0.25) is 14.4 Å². The summed E-state index contributed by atoms with van der Waals surface area (Å²) in [5.74, 6) is 0.0985. The fraction of sp³-hybridized carbons (Fsp3) is 0.286. The van der Waals surface area contributed by atoms with E-state index in [1.165, 1.54) is 14.0 Å². The molecular weight excluding hydrogens is 374 g/mol. The molecule has 0 aliphatic carbocycles. The van der Waals surface area contributed by atoms with E-state index in [0.717, 1.165) is 0 Å². The average molecular weight is 397 g/mol. The van der Waals surface area contributed by atoms with Gasteiger partial charge in [0.2, 0.25) is 17.7 Å². The van der Waals surface area contributed by atoms with Gasteiger partial charge in [0.1, 0.15) is 11.5 Å². The SMILES string of the molecule is COc1ccc(N2C[C@H](C(=O)Nc3ccc(NC(C)=O)cc3)CC2=O)c(OC)c1. The van der Waals surface area contributed by atoms with Crippen molar-refractivity contribution in [2.24, 2.45) is 5.92 Å². The van der Waals surface area contributed by atoms with Gasteiger partial charge in [0, 0.05) is 37.3 Å². The van der Waals surface area contributed by atoms with E-state index in [1.54, 1.807) is 54.5 Å². The van der Waals surface area contributed by atoms with Gasteiger partial charge in [0.25, 0.3) is 0 Å². The molecule has 0 unspecified atom stereocenters. The number of carbonyl (C=O) groups excluding carboxylic acids is 3. The van der Waals surface area contributed by atoms with E-state index in [4.69, 9.17) is 9.47 Å². The summed E-state index contributed by atoms with van der Waals surface area (Å²) in [4.78, 5) is 37.8. The largest absolute Gasteiger partial charge is 0.497 e. The van der Waals surface area contributed by atoms with Crippen molar-refractivity contribution in [3.63, 3.8) is 0 Å². The van der Waals surface area contributed by atoms with Gasteiger partial charge in [0.15, 0.2) is 0 Å². The van der Waals surface area contributed by atoms with Gasteiger partial charge < -0.3 is 25.0 Å². The van der Waals surface area contributed by atoms with Crippen molar-refractivity contribution in [3.8, 4) is 11.5 Å². The molecule has 0 radical (unpaired) electrons. The van der Waals surface area contributed by atoms with Gasteiger partial charge in [-0.1, -0.05) is 0 Å². The number of carbonyl (C=O) groups is 3. The number of amides is 3. The van der Waals surface area contributed by atoms with Crippen molar-refractivity contribution in [1.29, 1.82) is 0 Å². The van der Waals surface area contributed by atoms with Gasteiger partial charge in [-0.2, -0.15) is 0 Å². The van der Waals surface area contributed by atoms with E-state index in [0.29, 0.717) is 28.6 Å². The van der Waals surface area contributed by atoms with Crippen LogP contribution in [-0.2, 0) is 14.4 Å². The molecule has 152 valence electrons. The number of anilines is 3. The molecule has 2 aromatic carbocycles. The van der Waals surface area contributed by atoms with Gasteiger partial charge in [-0.25, -0.2) is 0 Å². The van der Waals surface area contributed by atoms with E-state index < -0.39 is 5.92 Å². The van der Waals surface area contributed by atoms with Crippen LogP contribution in [0.5, 0.6) is 11.5 Å². The molecule has 0 bridgehead atoms. The van der Waals surface area contributed by atoms with Crippen LogP contribution < -0.4 is 25.0 Å². The van der Waals surface area contributed by atoms with Crippen LogP contribution in [0.1, 0.15) is 13.3 Å². The summed E-state index contributed by atoms with van der Waals surface area (Å²) >= 11 is 0. The molecule has 0 saturated carbocycles. The number of hydrogen-bond acceptors (Lipinski definition) is 5. The highest BCUT2D eigenvalue weighted by atomic mass is 16.5. The molecule has 1 saturated heterocycles. The molecule has 3 rings (SSSR count). The summed E-state index contributed by atoms with van der Waals surface area (Å²) in [6.45, 7) is 1.69. The standard InChI is InChI=1S/C21H23N3O5/c1-13(25)22-15-4-6-16(7-5-15)23-21(27)14-10-20(26)24(12-14)18-9-8-17(28-2)11-19(18)29-3/h4-9,11,14H,10,12H2,1-3H3,(H,22,25)(H,23,27)/t14-/m1/s1. The monoisotopic (exact) mass is 397 g/mol. The highest BCUT2D eigenvalue weighted by molar-refractivity contribution is 6.04. The molecule has 8 heteroatoms. The molecule has 1 atom stereocenters. The maximum atomic E-state index is 12.6. The lowest BCUT2D eigenvalue weighted by atomic mass is 10.1. The fourth-order valence-electron chi connectivity index (χ4n) is 3.21. The van der Waals surface area contributed by atoms with Crippen LogP contribution in [0.15, 0.2) is 42.5 Å². The van der Waals surface area contributed by atoms with Gasteiger partial charge in [-0.05, 0) is 36.4 Å². The predicted octanol–water partition coefficient (Wildman–Crippen LogP) is 2.65. The molecule has 2 N–H and O–H groups in total. The van der Waals surface area contributed by atoms with Crippen molar-refractivity contribution >= 4 is 34.8 Å². The van der Waals surface area contributed by atoms with Gasteiger partial charge in [-0.15, -0.1) is 0 Å². The Kier molecular flexibility index (Phi) is 6.01. The normalized spacial score (nSPS) is 15.8. The number of nitrogens with zero attached hydrogens (tertiary/aromatic N) is 1. The van der Waals surface area contributed by atoms with Crippen LogP contribution >= 0.6 is 0 Å². The zero-order valence-electron chi connectivity index (χ0n) is 16.5. The highest BCUT2D eigenvalue weighted by Gasteiger charge is 2.36. The topological polar surface area (TPSA) is 97.0 Å². The molecule has 0 spiro atoms. The van der Waals surface area contributed by atoms with E-state index in [2.05, 4.69) is 10.6 Å². The summed E-state index contributed by atoms with van der Waals surface area (Å²) in [6, 6.07) is 12.0. The number of rotatable bonds is 6. The maximum Gasteiger partial charge on any atom is 0.229 e. The molecule has 1 aliphatic rings. The summed E-state index contributed by atoms with van der Waals surface area (Å²) < 4.78 is 10.6. The highest BCUT2D eigenvalue weighted by Crippen LogP contribution is 2.36. The zero-order valence-corrected chi connectivity index (χ0v) is 16.5. The lowest BCUT2D eigenvalue weighted by Gasteiger charge is -2.20. The first-order chi connectivity index (χ1) is 13.9. The third kappa shape index (κ3) is 4.66. The van der Waals surface area contributed by atoms with Crippen LogP contribution in [0.4, 0.5) is 17.1 Å². The molecule has 3 amide bonds. The number of hydrogen-bond donors (Lipinski definition) is 2. The van der Waals surface area contributed by atoms with Crippen molar-refractivity contribution in [1.82, 2.24) is 0 Å². The third-order valence-electron chi connectivity index (χ3n) is 4.65. The first-order valence-corrected chi connectivity index (χ1v) is 9.12. The Bertz CT molecular complexity index is 926. The average Bonchev–Trinajstić information content (AvgIpc) is 3.10. The van der Waals surface area contributed by atoms with Crippen LogP contribution in [0.2, 0.25) is 0 Å². The predicted molar refractivity (Wildman–Crippen MR) is 109 cm³/mol. The number of nitrogens with one attached hydrogen (secondary N) is 2. The quantitative estimate of drug-likeness (QED) is 0.781. The molecule has 29 heavy (non-hydrogen) atoms. The van der Waals surface area contributed by atoms with E-state index in [-0.39, 0.29) is 30.7 Å². The minimum Gasteiger partial charge on any atom is -0.497 e. The van der Waals surface area contributed by atoms with Crippen LogP contribution in [0, 0.1) is 5.92 Å². The Hall–Kier alpha value is -3.55. The second-order valence-corrected chi connectivity index (χ2v) is 6.69. The molecule has 1 heterocycles. The Morgan fingerprint density at radius 1 is 1.00 bits per heavy atom. The fourth-order valence-corrected chi connectivity index (χ4v) is 3.21. The van der Waals surface area contributed by atoms with Crippen molar-refractivity contribution in [2.75, 3.05) is 36.3 Å². The van der Waals surface area contributed by atoms with Gasteiger partial charge >= 0.3 is 0 Å². The summed E-state index contributed by atoms with van der Waals surface area (Å²) in [6.07, 6.45) is 0.116. The molecular formula is C21H23N3O5. The van der Waals surface area contributed by atoms with Crippen LogP contribution in [-0.4, -0.2) is 38.5 Å². The van der Waals surface area contributed by atoms with Crippen LogP contribution in [0.25, 0.3) is 0 Å². The number of benzene rings is 2. The molecule has 2 aromatic rings. The Morgan fingerprint density at radius 2 is 1.66 bits per heavy atom. The Morgan fingerprint density at radius 3 is 2.24 bits per heavy atom. The lowest BCUT2D eigenvalue weighted by molar-refractivity contribution is -0.122. The van der Waals surface area contributed by atoms with E-state index >= 15 is 0 Å². The lowest BCUT2D eigenvalue weighted by Crippen LogP contribution is -2.28. The first-order valence-electron chi connectivity index (χ1n) is 9.12. The summed E-state index contributed by atoms with van der Waals surface area (Å²) in [7, 11) is 3.08. The minimum absolute atomic E-state index is 0.116. The Labute approximate surface area is 168 Å². The summed E-state index contributed by atoms with van der Waals surface area (Å²) in [5, 5.41) is 5.49. The second-order valence-electron chi connectivity index (χ2n) is 6.69. The van der Waals surface area contributed by atoms with Crippen molar-refractivity contribution in [3.05, 3.63) is 42.5 Å². The molecule has 0 aromatic heterocycles.